The zero-order valence-corrected chi connectivity index (χ0v) is 16.7. The van der Waals surface area contributed by atoms with Gasteiger partial charge in [0.25, 0.3) is 11.8 Å². The number of nitrogens with one attached hydrogen (secondary N) is 2. The molecule has 3 aromatic rings. The van der Waals surface area contributed by atoms with Crippen molar-refractivity contribution in [2.45, 2.75) is 6.04 Å². The molecule has 7 heteroatoms. The van der Waals surface area contributed by atoms with Gasteiger partial charge in [-0.3, -0.25) is 9.59 Å². The lowest BCUT2D eigenvalue weighted by atomic mass is 10.1. The molecule has 2 amide bonds. The van der Waals surface area contributed by atoms with Crippen LogP contribution in [0.5, 0.6) is 0 Å². The number of hydrogen-bond donors (Lipinski definition) is 2. The maximum absolute atomic E-state index is 12.9. The van der Waals surface area contributed by atoms with Crippen molar-refractivity contribution < 1.29 is 9.59 Å². The van der Waals surface area contributed by atoms with Crippen molar-refractivity contribution in [1.82, 2.24) is 5.32 Å². The largest absolute Gasteiger partial charge is 0.336 e. The summed E-state index contributed by atoms with van der Waals surface area (Å²) >= 11 is 17.9. The molecule has 142 valence electrons. The highest BCUT2D eigenvalue weighted by Gasteiger charge is 2.23. The van der Waals surface area contributed by atoms with Crippen LogP contribution in [0.3, 0.4) is 0 Å². The topological polar surface area (TPSA) is 58.2 Å². The van der Waals surface area contributed by atoms with Crippen LogP contribution in [-0.4, -0.2) is 11.8 Å². The number of carbonyl (C=O) groups excluding carboxylic acids is 2. The Morgan fingerprint density at radius 3 is 2.21 bits per heavy atom. The molecule has 1 atom stereocenters. The molecular formula is C21H15Cl3N2O2. The van der Waals surface area contributed by atoms with Gasteiger partial charge >= 0.3 is 0 Å². The predicted molar refractivity (Wildman–Crippen MR) is 113 cm³/mol. The molecule has 0 fully saturated rings. The Balaban J connectivity index is 1.85. The molecule has 2 N–H and O–H groups in total. The van der Waals surface area contributed by atoms with E-state index >= 15 is 0 Å². The van der Waals surface area contributed by atoms with Gasteiger partial charge in [-0.2, -0.15) is 0 Å². The molecule has 0 aromatic heterocycles. The number of anilines is 1. The fourth-order valence-corrected chi connectivity index (χ4v) is 3.07. The molecule has 0 bridgehead atoms. The smallest absolute Gasteiger partial charge is 0.252 e. The van der Waals surface area contributed by atoms with E-state index in [4.69, 9.17) is 34.8 Å². The molecule has 0 spiro atoms. The first kappa shape index (κ1) is 20.2. The highest BCUT2D eigenvalue weighted by molar-refractivity contribution is 6.42. The van der Waals surface area contributed by atoms with E-state index in [0.29, 0.717) is 26.9 Å². The van der Waals surface area contributed by atoms with Crippen molar-refractivity contribution in [3.63, 3.8) is 0 Å². The van der Waals surface area contributed by atoms with Gasteiger partial charge < -0.3 is 10.6 Å². The minimum absolute atomic E-state index is 0.258. The first-order valence-electron chi connectivity index (χ1n) is 8.31. The number of hydrogen-bond acceptors (Lipinski definition) is 2. The summed E-state index contributed by atoms with van der Waals surface area (Å²) in [5, 5.41) is 6.62. The predicted octanol–water partition coefficient (Wildman–Crippen LogP) is 5.76. The SMILES string of the molecule is O=C(NC(C(=O)Nc1cccc(Cl)c1)c1ccccc1)c1ccc(Cl)c(Cl)c1. The van der Waals surface area contributed by atoms with E-state index in [1.807, 2.05) is 6.07 Å². The fraction of sp³-hybridized carbons (Fsp3) is 0.0476. The van der Waals surface area contributed by atoms with Crippen LogP contribution >= 0.6 is 34.8 Å². The van der Waals surface area contributed by atoms with Gasteiger partial charge in [-0.25, -0.2) is 0 Å². The zero-order valence-electron chi connectivity index (χ0n) is 14.5. The van der Waals surface area contributed by atoms with Crippen molar-refractivity contribution in [2.75, 3.05) is 5.32 Å². The third-order valence-corrected chi connectivity index (χ3v) is 4.92. The highest BCUT2D eigenvalue weighted by Crippen LogP contribution is 2.24. The van der Waals surface area contributed by atoms with Crippen LogP contribution in [-0.2, 0) is 4.79 Å². The normalized spacial score (nSPS) is 11.5. The van der Waals surface area contributed by atoms with Gasteiger partial charge in [0.05, 0.1) is 10.0 Å². The van der Waals surface area contributed by atoms with Crippen molar-refractivity contribution in [3.8, 4) is 0 Å². The minimum atomic E-state index is -0.915. The Morgan fingerprint density at radius 2 is 1.54 bits per heavy atom. The van der Waals surface area contributed by atoms with E-state index < -0.39 is 17.9 Å². The van der Waals surface area contributed by atoms with Crippen LogP contribution in [0, 0.1) is 0 Å². The summed E-state index contributed by atoms with van der Waals surface area (Å²) in [4.78, 5) is 25.6. The Labute approximate surface area is 177 Å². The third-order valence-electron chi connectivity index (χ3n) is 3.94. The van der Waals surface area contributed by atoms with E-state index in [0.717, 1.165) is 0 Å². The Bertz CT molecular complexity index is 1010. The van der Waals surface area contributed by atoms with E-state index in [9.17, 15) is 9.59 Å². The maximum Gasteiger partial charge on any atom is 0.252 e. The van der Waals surface area contributed by atoms with Crippen molar-refractivity contribution >= 4 is 52.3 Å². The molecule has 0 aliphatic rings. The lowest BCUT2D eigenvalue weighted by molar-refractivity contribution is -0.118. The molecule has 1 unspecified atom stereocenters. The molecule has 0 saturated carbocycles. The Morgan fingerprint density at radius 1 is 0.786 bits per heavy atom. The summed E-state index contributed by atoms with van der Waals surface area (Å²) in [5.41, 5.74) is 1.46. The summed E-state index contributed by atoms with van der Waals surface area (Å²) < 4.78 is 0. The van der Waals surface area contributed by atoms with Crippen LogP contribution < -0.4 is 10.6 Å². The number of rotatable bonds is 5. The van der Waals surface area contributed by atoms with Gasteiger partial charge in [-0.05, 0) is 42.0 Å². The Kier molecular flexibility index (Phi) is 6.57. The number of halogens is 3. The molecule has 3 aromatic carbocycles. The van der Waals surface area contributed by atoms with E-state index in [-0.39, 0.29) is 5.02 Å². The fourth-order valence-electron chi connectivity index (χ4n) is 2.58. The molecule has 0 aliphatic heterocycles. The van der Waals surface area contributed by atoms with Crippen LogP contribution in [0.4, 0.5) is 5.69 Å². The lowest BCUT2D eigenvalue weighted by Crippen LogP contribution is -2.37. The van der Waals surface area contributed by atoms with Crippen LogP contribution in [0.25, 0.3) is 0 Å². The van der Waals surface area contributed by atoms with E-state index in [2.05, 4.69) is 10.6 Å². The zero-order chi connectivity index (χ0) is 20.1. The summed E-state index contributed by atoms with van der Waals surface area (Å²) in [5.74, 6) is -0.851. The van der Waals surface area contributed by atoms with Gasteiger partial charge in [-0.15, -0.1) is 0 Å². The van der Waals surface area contributed by atoms with Crippen molar-refractivity contribution in [2.24, 2.45) is 0 Å². The van der Waals surface area contributed by atoms with Gasteiger partial charge in [0.1, 0.15) is 6.04 Å². The van der Waals surface area contributed by atoms with Crippen molar-refractivity contribution in [3.05, 3.63) is 99.0 Å². The monoisotopic (exact) mass is 432 g/mol. The van der Waals surface area contributed by atoms with Gasteiger partial charge in [-0.1, -0.05) is 71.2 Å². The van der Waals surface area contributed by atoms with Gasteiger partial charge in [0.15, 0.2) is 0 Å². The number of amides is 2. The first-order chi connectivity index (χ1) is 13.4. The van der Waals surface area contributed by atoms with Crippen molar-refractivity contribution in [1.29, 1.82) is 0 Å². The highest BCUT2D eigenvalue weighted by atomic mass is 35.5. The average molecular weight is 434 g/mol. The summed E-state index contributed by atoms with van der Waals surface area (Å²) in [6.45, 7) is 0. The van der Waals surface area contributed by atoms with E-state index in [1.165, 1.54) is 12.1 Å². The molecule has 3 rings (SSSR count). The molecule has 4 nitrogen and oxygen atoms in total. The maximum atomic E-state index is 12.9. The molecule has 0 aliphatic carbocycles. The molecule has 0 heterocycles. The average Bonchev–Trinajstić information content (AvgIpc) is 2.68. The summed E-state index contributed by atoms with van der Waals surface area (Å²) in [6, 6.07) is 19.3. The van der Waals surface area contributed by atoms with Crippen LogP contribution in [0.15, 0.2) is 72.8 Å². The Hall–Kier alpha value is -2.53. The third kappa shape index (κ3) is 5.04. The second kappa shape index (κ2) is 9.11. The quantitative estimate of drug-likeness (QED) is 0.538. The van der Waals surface area contributed by atoms with Gasteiger partial charge in [0, 0.05) is 16.3 Å². The second-order valence-corrected chi connectivity index (χ2v) is 7.20. The second-order valence-electron chi connectivity index (χ2n) is 5.95. The summed E-state index contributed by atoms with van der Waals surface area (Å²) in [6.07, 6.45) is 0. The number of benzene rings is 3. The van der Waals surface area contributed by atoms with Gasteiger partial charge in [0.2, 0.25) is 0 Å². The lowest BCUT2D eigenvalue weighted by Gasteiger charge is -2.19. The summed E-state index contributed by atoms with van der Waals surface area (Å²) in [7, 11) is 0. The molecular weight excluding hydrogens is 419 g/mol. The van der Waals surface area contributed by atoms with Crippen LogP contribution in [0.2, 0.25) is 15.1 Å². The van der Waals surface area contributed by atoms with E-state index in [1.54, 1.807) is 54.6 Å². The molecule has 28 heavy (non-hydrogen) atoms. The molecule has 0 radical (unpaired) electrons. The standard InChI is InChI=1S/C21H15Cl3N2O2/c22-15-7-4-8-16(12-15)25-21(28)19(13-5-2-1-3-6-13)26-20(27)14-9-10-17(23)18(24)11-14/h1-12,19H,(H,25,28)(H,26,27). The first-order valence-corrected chi connectivity index (χ1v) is 9.45. The number of carbonyl (C=O) groups is 2. The molecule has 0 saturated heterocycles. The van der Waals surface area contributed by atoms with Crippen LogP contribution in [0.1, 0.15) is 22.0 Å². The minimum Gasteiger partial charge on any atom is -0.336 e.